The van der Waals surface area contributed by atoms with E-state index in [9.17, 15) is 18.3 Å². The fraction of sp³-hybridized carbons (Fsp3) is 0.694. The lowest BCUT2D eigenvalue weighted by molar-refractivity contribution is -0.158. The molecule has 0 aromatic heterocycles. The highest BCUT2D eigenvalue weighted by molar-refractivity contribution is 7.91. The molecule has 7 aliphatic rings. The summed E-state index contributed by atoms with van der Waals surface area (Å²) in [4.78, 5) is 14.1. The van der Waals surface area contributed by atoms with Crippen LogP contribution in [0.3, 0.4) is 0 Å². The van der Waals surface area contributed by atoms with Crippen molar-refractivity contribution in [2.45, 2.75) is 112 Å². The standard InChI is InChI=1S/C49H70N2O4S/c1-33(2)43-38(34-11-8-7-9-12-34)31-49(32-50-25-10-26-51-27-29-56(54,55)30-28-51)24-20-40-37(44(43)49)17-18-42-47(40,5)23-21-41-46(3,4)39(19-22-48(41,42)6)35-13-15-36(16-14-35)45(52)53/h7-9,11-13,19,31,33,36-37,40-42,50H,10,14-18,20-30,32H2,1-6H3,(H,52,53). The Hall–Kier alpha value is -2.48. The van der Waals surface area contributed by atoms with Gasteiger partial charge in [-0.1, -0.05) is 95.7 Å². The molecule has 56 heavy (non-hydrogen) atoms. The number of carboxylic acids is 1. The van der Waals surface area contributed by atoms with Crippen molar-refractivity contribution in [2.75, 3.05) is 44.2 Å². The van der Waals surface area contributed by atoms with Crippen LogP contribution in [-0.4, -0.2) is 68.6 Å². The molecule has 8 atom stereocenters. The smallest absolute Gasteiger partial charge is 0.306 e. The lowest BCUT2D eigenvalue weighted by Crippen LogP contribution is -2.60. The van der Waals surface area contributed by atoms with Crippen LogP contribution in [0.25, 0.3) is 5.57 Å². The number of sulfone groups is 1. The second-order valence-electron chi connectivity index (χ2n) is 20.7. The third kappa shape index (κ3) is 6.85. The predicted molar refractivity (Wildman–Crippen MR) is 229 cm³/mol. The summed E-state index contributed by atoms with van der Waals surface area (Å²) in [5, 5.41) is 13.6. The van der Waals surface area contributed by atoms with E-state index in [0.717, 1.165) is 45.3 Å². The van der Waals surface area contributed by atoms with Gasteiger partial charge < -0.3 is 15.3 Å². The van der Waals surface area contributed by atoms with Gasteiger partial charge in [-0.05, 0) is 157 Å². The fourth-order valence-electron chi connectivity index (χ4n) is 14.5. The molecule has 0 bridgehead atoms. The minimum atomic E-state index is -2.85. The van der Waals surface area contributed by atoms with E-state index in [1.807, 2.05) is 0 Å². The van der Waals surface area contributed by atoms with Gasteiger partial charge in [-0.25, -0.2) is 8.42 Å². The number of carboxylic acid groups (broad SMARTS) is 1. The highest BCUT2D eigenvalue weighted by Gasteiger charge is 2.65. The van der Waals surface area contributed by atoms with Gasteiger partial charge in [0.2, 0.25) is 0 Å². The SMILES string of the molecule is CC(C)C1=C2C3CCC4C(C)(CCC5C(C)(C)C(C6=CCC(C(=O)O)CC6)=CCC54C)C3CCC2(CNCCCN2CCS(=O)(=O)CC2)C=C1c1ccccc1. The molecule has 6 nitrogen and oxygen atoms in total. The van der Waals surface area contributed by atoms with Crippen molar-refractivity contribution < 1.29 is 18.3 Å². The number of rotatable bonds is 10. The minimum Gasteiger partial charge on any atom is -0.481 e. The Kier molecular flexibility index (Phi) is 10.8. The van der Waals surface area contributed by atoms with Crippen molar-refractivity contribution in [2.24, 2.45) is 57.2 Å². The molecule has 1 heterocycles. The Morgan fingerprint density at radius 2 is 1.68 bits per heavy atom. The topological polar surface area (TPSA) is 86.7 Å². The zero-order valence-electron chi connectivity index (χ0n) is 35.3. The Balaban J connectivity index is 1.06. The Morgan fingerprint density at radius 1 is 0.929 bits per heavy atom. The molecule has 8 rings (SSSR count). The van der Waals surface area contributed by atoms with E-state index in [4.69, 9.17) is 0 Å². The molecule has 4 fully saturated rings. The zero-order valence-corrected chi connectivity index (χ0v) is 36.2. The van der Waals surface area contributed by atoms with Crippen molar-refractivity contribution in [1.82, 2.24) is 10.2 Å². The number of hydrogen-bond donors (Lipinski definition) is 2. The molecule has 3 saturated carbocycles. The number of nitrogens with one attached hydrogen (secondary N) is 1. The van der Waals surface area contributed by atoms with Crippen molar-refractivity contribution >= 4 is 21.4 Å². The summed E-state index contributed by atoms with van der Waals surface area (Å²) >= 11 is 0. The molecule has 6 aliphatic carbocycles. The zero-order chi connectivity index (χ0) is 39.7. The van der Waals surface area contributed by atoms with Gasteiger partial charge in [-0.15, -0.1) is 0 Å². The molecule has 0 radical (unpaired) electrons. The molecule has 2 N–H and O–H groups in total. The van der Waals surface area contributed by atoms with Crippen molar-refractivity contribution in [3.8, 4) is 0 Å². The number of nitrogens with zero attached hydrogens (tertiary/aromatic N) is 1. The van der Waals surface area contributed by atoms with Crippen LogP contribution in [0.4, 0.5) is 0 Å². The highest BCUT2D eigenvalue weighted by atomic mass is 32.2. The first-order chi connectivity index (χ1) is 26.6. The van der Waals surface area contributed by atoms with E-state index >= 15 is 0 Å². The molecule has 1 aromatic carbocycles. The van der Waals surface area contributed by atoms with Crippen LogP contribution in [0.5, 0.6) is 0 Å². The largest absolute Gasteiger partial charge is 0.481 e. The molecule has 8 unspecified atom stereocenters. The van der Waals surface area contributed by atoms with E-state index in [2.05, 4.69) is 100 Å². The number of fused-ring (bicyclic) bond motifs is 7. The summed E-state index contributed by atoms with van der Waals surface area (Å²) in [5.74, 6) is 2.81. The third-order valence-corrected chi connectivity index (χ3v) is 18.7. The number of aliphatic carboxylic acids is 1. The fourth-order valence-corrected chi connectivity index (χ4v) is 15.8. The number of benzene rings is 1. The van der Waals surface area contributed by atoms with E-state index in [1.165, 1.54) is 60.8 Å². The van der Waals surface area contributed by atoms with E-state index in [0.29, 0.717) is 66.0 Å². The summed E-state index contributed by atoms with van der Waals surface area (Å²) in [7, 11) is -2.85. The van der Waals surface area contributed by atoms with Gasteiger partial charge in [0.1, 0.15) is 0 Å². The molecule has 1 aromatic rings. The van der Waals surface area contributed by atoms with Crippen molar-refractivity contribution in [3.63, 3.8) is 0 Å². The highest BCUT2D eigenvalue weighted by Crippen LogP contribution is 2.73. The van der Waals surface area contributed by atoms with Crippen molar-refractivity contribution in [3.05, 3.63) is 76.4 Å². The maximum Gasteiger partial charge on any atom is 0.306 e. The van der Waals surface area contributed by atoms with Gasteiger partial charge in [-0.2, -0.15) is 0 Å². The predicted octanol–water partition coefficient (Wildman–Crippen LogP) is 9.76. The van der Waals surface area contributed by atoms with Crippen molar-refractivity contribution in [1.29, 1.82) is 0 Å². The van der Waals surface area contributed by atoms with Crippen LogP contribution in [-0.2, 0) is 14.6 Å². The van der Waals surface area contributed by atoms with Gasteiger partial charge in [0, 0.05) is 25.0 Å². The number of carbonyl (C=O) groups is 1. The summed E-state index contributed by atoms with van der Waals surface area (Å²) in [6.07, 6.45) is 19.8. The summed E-state index contributed by atoms with van der Waals surface area (Å²) in [6.45, 7) is 19.6. The maximum absolute atomic E-state index is 12.0. The Bertz CT molecular complexity index is 1910. The summed E-state index contributed by atoms with van der Waals surface area (Å²) in [5.41, 5.74) is 9.89. The van der Waals surface area contributed by atoms with E-state index in [-0.39, 0.29) is 22.2 Å². The van der Waals surface area contributed by atoms with Gasteiger partial charge in [0.25, 0.3) is 0 Å². The van der Waals surface area contributed by atoms with Crippen LogP contribution in [0.15, 0.2) is 70.9 Å². The van der Waals surface area contributed by atoms with E-state index in [1.54, 1.807) is 11.1 Å². The second-order valence-corrected chi connectivity index (χ2v) is 23.0. The molecular formula is C49H70N2O4S. The van der Waals surface area contributed by atoms with Crippen LogP contribution < -0.4 is 5.32 Å². The number of allylic oxidation sites excluding steroid dienone is 6. The van der Waals surface area contributed by atoms with Gasteiger partial charge in [0.05, 0.1) is 17.4 Å². The van der Waals surface area contributed by atoms with Crippen LogP contribution >= 0.6 is 0 Å². The van der Waals surface area contributed by atoms with Gasteiger partial charge in [-0.3, -0.25) is 4.79 Å². The molecule has 0 spiro atoms. The van der Waals surface area contributed by atoms with Gasteiger partial charge >= 0.3 is 5.97 Å². The summed E-state index contributed by atoms with van der Waals surface area (Å²) < 4.78 is 24.0. The normalized spacial score (nSPS) is 37.8. The first-order valence-electron chi connectivity index (χ1n) is 22.4. The van der Waals surface area contributed by atoms with Gasteiger partial charge in [0.15, 0.2) is 9.84 Å². The number of hydrogen-bond acceptors (Lipinski definition) is 5. The van der Waals surface area contributed by atoms with Crippen LogP contribution in [0.2, 0.25) is 0 Å². The Morgan fingerprint density at radius 3 is 2.36 bits per heavy atom. The lowest BCUT2D eigenvalue weighted by Gasteiger charge is -2.68. The average Bonchev–Trinajstić information content (AvgIpc) is 3.52. The molecule has 306 valence electrons. The average molecular weight is 783 g/mol. The molecule has 0 amide bonds. The summed E-state index contributed by atoms with van der Waals surface area (Å²) in [6, 6.07) is 11.2. The minimum absolute atomic E-state index is 0.0350. The maximum atomic E-state index is 12.0. The molecular weight excluding hydrogens is 713 g/mol. The Labute approximate surface area is 338 Å². The third-order valence-electron chi connectivity index (χ3n) is 17.1. The first-order valence-corrected chi connectivity index (χ1v) is 24.2. The first kappa shape index (κ1) is 40.3. The van der Waals surface area contributed by atoms with Crippen LogP contribution in [0.1, 0.15) is 118 Å². The monoisotopic (exact) mass is 783 g/mol. The molecule has 1 saturated heterocycles. The quantitative estimate of drug-likeness (QED) is 0.230. The van der Waals surface area contributed by atoms with Crippen LogP contribution in [0, 0.1) is 57.2 Å². The van der Waals surface area contributed by atoms with E-state index < -0.39 is 15.8 Å². The molecule has 1 aliphatic heterocycles. The second kappa shape index (κ2) is 15.0. The lowest BCUT2D eigenvalue weighted by atomic mass is 9.37. The molecule has 7 heteroatoms.